The highest BCUT2D eigenvalue weighted by molar-refractivity contribution is 7.12. The fourth-order valence-electron chi connectivity index (χ4n) is 1.89. The fraction of sp³-hybridized carbons (Fsp3) is 0.0625. The van der Waals surface area contributed by atoms with Crippen LogP contribution >= 0.6 is 11.3 Å². The molecule has 3 rings (SSSR count). The molecule has 0 bridgehead atoms. The van der Waals surface area contributed by atoms with Crippen LogP contribution in [0.3, 0.4) is 0 Å². The fourth-order valence-corrected chi connectivity index (χ4v) is 2.53. The summed E-state index contributed by atoms with van der Waals surface area (Å²) in [4.78, 5) is 21.0. The lowest BCUT2D eigenvalue weighted by Gasteiger charge is -2.05. The second-order valence-corrected chi connectivity index (χ2v) is 5.40. The van der Waals surface area contributed by atoms with Crippen molar-refractivity contribution >= 4 is 17.2 Å². The van der Waals surface area contributed by atoms with E-state index in [4.69, 9.17) is 0 Å². The van der Waals surface area contributed by atoms with Crippen LogP contribution in [-0.2, 0) is 6.54 Å². The van der Waals surface area contributed by atoms with Crippen molar-refractivity contribution in [1.82, 2.24) is 15.3 Å². The summed E-state index contributed by atoms with van der Waals surface area (Å²) in [5.41, 5.74) is 2.82. The van der Waals surface area contributed by atoms with E-state index in [1.807, 2.05) is 41.8 Å². The predicted octanol–water partition coefficient (Wildman–Crippen LogP) is 3.14. The SMILES string of the molecule is O=C(NCc1ccc(-c2cccnc2)nc1)c1cccs1. The average molecular weight is 295 g/mol. The first-order valence-electron chi connectivity index (χ1n) is 6.50. The Morgan fingerprint density at radius 2 is 2.10 bits per heavy atom. The molecule has 0 saturated carbocycles. The number of amides is 1. The molecular formula is C16H13N3OS. The number of thiophene rings is 1. The zero-order chi connectivity index (χ0) is 14.5. The second-order valence-electron chi connectivity index (χ2n) is 4.45. The lowest BCUT2D eigenvalue weighted by molar-refractivity contribution is 0.0955. The quantitative estimate of drug-likeness (QED) is 0.804. The number of nitrogens with one attached hydrogen (secondary N) is 1. The third-order valence-corrected chi connectivity index (χ3v) is 3.85. The van der Waals surface area contributed by atoms with Crippen LogP contribution in [0.15, 0.2) is 60.4 Å². The van der Waals surface area contributed by atoms with Crippen LogP contribution in [0.25, 0.3) is 11.3 Å². The van der Waals surface area contributed by atoms with Gasteiger partial charge in [0.25, 0.3) is 5.91 Å². The first-order chi connectivity index (χ1) is 10.3. The molecule has 1 N–H and O–H groups in total. The number of pyridine rings is 2. The summed E-state index contributed by atoms with van der Waals surface area (Å²) < 4.78 is 0. The van der Waals surface area contributed by atoms with Gasteiger partial charge in [-0.3, -0.25) is 14.8 Å². The van der Waals surface area contributed by atoms with Gasteiger partial charge in [-0.05, 0) is 35.2 Å². The number of hydrogen-bond acceptors (Lipinski definition) is 4. The number of carbonyl (C=O) groups excluding carboxylic acids is 1. The number of nitrogens with zero attached hydrogens (tertiary/aromatic N) is 2. The van der Waals surface area contributed by atoms with Crippen LogP contribution < -0.4 is 5.32 Å². The van der Waals surface area contributed by atoms with Gasteiger partial charge >= 0.3 is 0 Å². The number of hydrogen-bond donors (Lipinski definition) is 1. The summed E-state index contributed by atoms with van der Waals surface area (Å²) in [6.07, 6.45) is 5.29. The summed E-state index contributed by atoms with van der Waals surface area (Å²) >= 11 is 1.43. The van der Waals surface area contributed by atoms with Crippen molar-refractivity contribution in [3.8, 4) is 11.3 Å². The molecule has 0 spiro atoms. The maximum Gasteiger partial charge on any atom is 0.261 e. The molecular weight excluding hydrogens is 282 g/mol. The minimum atomic E-state index is -0.0543. The zero-order valence-corrected chi connectivity index (χ0v) is 12.0. The molecule has 1 amide bonds. The van der Waals surface area contributed by atoms with Crippen molar-refractivity contribution in [2.45, 2.75) is 6.54 Å². The maximum atomic E-state index is 11.8. The van der Waals surface area contributed by atoms with Gasteiger partial charge in [-0.15, -0.1) is 11.3 Å². The topological polar surface area (TPSA) is 54.9 Å². The molecule has 0 fully saturated rings. The summed E-state index contributed by atoms with van der Waals surface area (Å²) in [6, 6.07) is 11.4. The highest BCUT2D eigenvalue weighted by atomic mass is 32.1. The first kappa shape index (κ1) is 13.5. The third kappa shape index (κ3) is 3.32. The summed E-state index contributed by atoms with van der Waals surface area (Å²) in [7, 11) is 0. The van der Waals surface area contributed by atoms with E-state index in [-0.39, 0.29) is 5.91 Å². The molecule has 0 unspecified atom stereocenters. The van der Waals surface area contributed by atoms with E-state index >= 15 is 0 Å². The first-order valence-corrected chi connectivity index (χ1v) is 7.38. The van der Waals surface area contributed by atoms with Gasteiger partial charge < -0.3 is 5.32 Å². The van der Waals surface area contributed by atoms with Gasteiger partial charge in [-0.1, -0.05) is 12.1 Å². The van der Waals surface area contributed by atoms with E-state index in [1.54, 1.807) is 18.6 Å². The normalized spacial score (nSPS) is 10.3. The Bertz CT molecular complexity index is 709. The molecule has 0 radical (unpaired) electrons. The average Bonchev–Trinajstić information content (AvgIpc) is 3.08. The van der Waals surface area contributed by atoms with E-state index in [2.05, 4.69) is 15.3 Å². The van der Waals surface area contributed by atoms with Gasteiger partial charge in [0, 0.05) is 30.7 Å². The Hall–Kier alpha value is -2.53. The maximum absolute atomic E-state index is 11.8. The molecule has 5 heteroatoms. The highest BCUT2D eigenvalue weighted by Gasteiger charge is 2.06. The molecule has 21 heavy (non-hydrogen) atoms. The van der Waals surface area contributed by atoms with Crippen molar-refractivity contribution in [3.05, 3.63) is 70.8 Å². The third-order valence-electron chi connectivity index (χ3n) is 2.98. The van der Waals surface area contributed by atoms with Crippen molar-refractivity contribution < 1.29 is 4.79 Å². The van der Waals surface area contributed by atoms with Crippen LogP contribution in [0.2, 0.25) is 0 Å². The molecule has 0 atom stereocenters. The van der Waals surface area contributed by atoms with Crippen LogP contribution in [0.4, 0.5) is 0 Å². The molecule has 0 aliphatic heterocycles. The Kier molecular flexibility index (Phi) is 4.02. The van der Waals surface area contributed by atoms with Gasteiger partial charge in [-0.25, -0.2) is 0 Å². The van der Waals surface area contributed by atoms with Crippen LogP contribution in [0.1, 0.15) is 15.2 Å². The Morgan fingerprint density at radius 3 is 2.76 bits per heavy atom. The number of rotatable bonds is 4. The highest BCUT2D eigenvalue weighted by Crippen LogP contribution is 2.15. The smallest absolute Gasteiger partial charge is 0.261 e. The van der Waals surface area contributed by atoms with E-state index in [9.17, 15) is 4.79 Å². The summed E-state index contributed by atoms with van der Waals surface area (Å²) in [6.45, 7) is 0.469. The second kappa shape index (κ2) is 6.28. The molecule has 0 saturated heterocycles. The van der Waals surface area contributed by atoms with Gasteiger partial charge in [0.05, 0.1) is 10.6 Å². The number of carbonyl (C=O) groups is 1. The van der Waals surface area contributed by atoms with Crippen LogP contribution in [-0.4, -0.2) is 15.9 Å². The molecule has 0 aliphatic carbocycles. The minimum Gasteiger partial charge on any atom is -0.347 e. The summed E-state index contributed by atoms with van der Waals surface area (Å²) in [5.74, 6) is -0.0543. The van der Waals surface area contributed by atoms with E-state index in [0.29, 0.717) is 6.54 Å². The largest absolute Gasteiger partial charge is 0.347 e. The van der Waals surface area contributed by atoms with Crippen molar-refractivity contribution in [3.63, 3.8) is 0 Å². The van der Waals surface area contributed by atoms with Crippen LogP contribution in [0.5, 0.6) is 0 Å². The zero-order valence-electron chi connectivity index (χ0n) is 11.2. The molecule has 0 aromatic carbocycles. The van der Waals surface area contributed by atoms with E-state index in [0.717, 1.165) is 21.7 Å². The predicted molar refractivity (Wildman–Crippen MR) is 83.0 cm³/mol. The van der Waals surface area contributed by atoms with Crippen molar-refractivity contribution in [2.75, 3.05) is 0 Å². The Morgan fingerprint density at radius 1 is 1.14 bits per heavy atom. The van der Waals surface area contributed by atoms with E-state index in [1.165, 1.54) is 11.3 Å². The molecule has 3 aromatic rings. The molecule has 4 nitrogen and oxygen atoms in total. The molecule has 104 valence electrons. The van der Waals surface area contributed by atoms with Gasteiger partial charge in [0.2, 0.25) is 0 Å². The van der Waals surface area contributed by atoms with Gasteiger partial charge in [-0.2, -0.15) is 0 Å². The molecule has 3 heterocycles. The van der Waals surface area contributed by atoms with Crippen molar-refractivity contribution in [2.24, 2.45) is 0 Å². The van der Waals surface area contributed by atoms with Gasteiger partial charge in [0.15, 0.2) is 0 Å². The Balaban J connectivity index is 1.64. The molecule has 3 aromatic heterocycles. The monoisotopic (exact) mass is 295 g/mol. The van der Waals surface area contributed by atoms with E-state index < -0.39 is 0 Å². The van der Waals surface area contributed by atoms with Gasteiger partial charge in [0.1, 0.15) is 0 Å². The number of aromatic nitrogens is 2. The van der Waals surface area contributed by atoms with Crippen LogP contribution in [0, 0.1) is 0 Å². The van der Waals surface area contributed by atoms with Crippen molar-refractivity contribution in [1.29, 1.82) is 0 Å². The lowest BCUT2D eigenvalue weighted by Crippen LogP contribution is -2.21. The minimum absolute atomic E-state index is 0.0543. The molecule has 0 aliphatic rings. The Labute approximate surface area is 126 Å². The standard InChI is InChI=1S/C16H13N3OS/c20-16(15-4-2-8-21-15)19-10-12-5-6-14(18-9-12)13-3-1-7-17-11-13/h1-9,11H,10H2,(H,19,20). The summed E-state index contributed by atoms with van der Waals surface area (Å²) in [5, 5.41) is 4.77. The lowest BCUT2D eigenvalue weighted by atomic mass is 10.1.